The van der Waals surface area contributed by atoms with Crippen LogP contribution in [0.3, 0.4) is 0 Å². The first kappa shape index (κ1) is 19.7. The molecular formula is C22H27N3O3. The fourth-order valence-electron chi connectivity index (χ4n) is 3.25. The molecule has 1 unspecified atom stereocenters. The van der Waals surface area contributed by atoms with Gasteiger partial charge in [-0.05, 0) is 61.7 Å². The van der Waals surface area contributed by atoms with E-state index in [0.717, 1.165) is 42.1 Å². The van der Waals surface area contributed by atoms with Crippen molar-refractivity contribution in [2.24, 2.45) is 0 Å². The number of methoxy groups -OCH3 is 1. The lowest BCUT2D eigenvalue weighted by Gasteiger charge is -2.18. The van der Waals surface area contributed by atoms with E-state index in [1.54, 1.807) is 12.0 Å². The van der Waals surface area contributed by atoms with Gasteiger partial charge in [0.25, 0.3) is 0 Å². The minimum Gasteiger partial charge on any atom is -0.497 e. The zero-order valence-electron chi connectivity index (χ0n) is 16.4. The average Bonchev–Trinajstić information content (AvgIpc) is 3.15. The maximum atomic E-state index is 12.3. The van der Waals surface area contributed by atoms with E-state index in [1.165, 1.54) is 0 Å². The first-order chi connectivity index (χ1) is 13.6. The first-order valence-corrected chi connectivity index (χ1v) is 9.64. The van der Waals surface area contributed by atoms with Gasteiger partial charge in [-0.15, -0.1) is 0 Å². The molecule has 1 saturated heterocycles. The lowest BCUT2D eigenvalue weighted by molar-refractivity contribution is -0.121. The minimum atomic E-state index is -0.352. The molecule has 1 aliphatic rings. The van der Waals surface area contributed by atoms with Crippen molar-refractivity contribution in [3.05, 3.63) is 54.1 Å². The zero-order chi connectivity index (χ0) is 19.9. The standard InChI is InChI=1S/C22H27N3O3/c1-16(22(27)23-14-13-17-5-11-20(28-2)12-6-17)24-18-7-9-19(10-8-18)25-15-3-4-21(25)26/h5-12,16,24H,3-4,13-15H2,1-2H3,(H,23,27). The number of ether oxygens (including phenoxy) is 1. The van der Waals surface area contributed by atoms with E-state index in [1.807, 2.05) is 55.5 Å². The molecule has 2 amide bonds. The van der Waals surface area contributed by atoms with E-state index < -0.39 is 0 Å². The molecule has 0 spiro atoms. The molecule has 6 nitrogen and oxygen atoms in total. The van der Waals surface area contributed by atoms with E-state index in [4.69, 9.17) is 4.74 Å². The molecule has 28 heavy (non-hydrogen) atoms. The second-order valence-corrected chi connectivity index (χ2v) is 6.95. The normalized spacial score (nSPS) is 14.6. The van der Waals surface area contributed by atoms with Crippen molar-refractivity contribution in [1.29, 1.82) is 0 Å². The Hall–Kier alpha value is -3.02. The number of carbonyl (C=O) groups excluding carboxylic acids is 2. The summed E-state index contributed by atoms with van der Waals surface area (Å²) in [6, 6.07) is 15.1. The van der Waals surface area contributed by atoms with Crippen molar-refractivity contribution in [3.8, 4) is 5.75 Å². The molecule has 2 N–H and O–H groups in total. The Labute approximate surface area is 165 Å². The number of rotatable bonds is 8. The van der Waals surface area contributed by atoms with Gasteiger partial charge in [-0.2, -0.15) is 0 Å². The van der Waals surface area contributed by atoms with Crippen LogP contribution >= 0.6 is 0 Å². The maximum Gasteiger partial charge on any atom is 0.242 e. The van der Waals surface area contributed by atoms with Gasteiger partial charge < -0.3 is 20.3 Å². The smallest absolute Gasteiger partial charge is 0.242 e. The predicted octanol–water partition coefficient (Wildman–Crippen LogP) is 2.98. The van der Waals surface area contributed by atoms with Crippen LogP contribution in [0.25, 0.3) is 0 Å². The molecule has 1 fully saturated rings. The Morgan fingerprint density at radius 3 is 2.46 bits per heavy atom. The number of nitrogens with one attached hydrogen (secondary N) is 2. The lowest BCUT2D eigenvalue weighted by atomic mass is 10.1. The molecule has 0 saturated carbocycles. The quantitative estimate of drug-likeness (QED) is 0.738. The molecule has 1 atom stereocenters. The van der Waals surface area contributed by atoms with Crippen LogP contribution in [0.15, 0.2) is 48.5 Å². The molecule has 2 aromatic carbocycles. The highest BCUT2D eigenvalue weighted by Gasteiger charge is 2.21. The first-order valence-electron chi connectivity index (χ1n) is 9.64. The van der Waals surface area contributed by atoms with Gasteiger partial charge in [0, 0.05) is 30.9 Å². The number of amides is 2. The Morgan fingerprint density at radius 1 is 1.14 bits per heavy atom. The Bertz CT molecular complexity index is 803. The third-order valence-electron chi connectivity index (χ3n) is 4.90. The molecule has 148 valence electrons. The van der Waals surface area contributed by atoms with Crippen LogP contribution in [0.5, 0.6) is 5.75 Å². The highest BCUT2D eigenvalue weighted by molar-refractivity contribution is 5.95. The Balaban J connectivity index is 1.45. The molecule has 2 aromatic rings. The van der Waals surface area contributed by atoms with Gasteiger partial charge in [-0.3, -0.25) is 9.59 Å². The summed E-state index contributed by atoms with van der Waals surface area (Å²) in [4.78, 5) is 25.9. The molecule has 1 heterocycles. The minimum absolute atomic E-state index is 0.0488. The number of hydrogen-bond donors (Lipinski definition) is 2. The fraction of sp³-hybridized carbons (Fsp3) is 0.364. The molecule has 0 radical (unpaired) electrons. The topological polar surface area (TPSA) is 70.7 Å². The number of anilines is 2. The molecule has 0 aromatic heterocycles. The summed E-state index contributed by atoms with van der Waals surface area (Å²) in [6.45, 7) is 3.19. The fourth-order valence-corrected chi connectivity index (χ4v) is 3.25. The van der Waals surface area contributed by atoms with Crippen LogP contribution in [0.2, 0.25) is 0 Å². The van der Waals surface area contributed by atoms with Crippen LogP contribution in [0.4, 0.5) is 11.4 Å². The third-order valence-corrected chi connectivity index (χ3v) is 4.90. The highest BCUT2D eigenvalue weighted by Crippen LogP contribution is 2.23. The predicted molar refractivity (Wildman–Crippen MR) is 111 cm³/mol. The summed E-state index contributed by atoms with van der Waals surface area (Å²) >= 11 is 0. The molecule has 3 rings (SSSR count). The maximum absolute atomic E-state index is 12.3. The average molecular weight is 381 g/mol. The van der Waals surface area contributed by atoms with Crippen LogP contribution in [-0.4, -0.2) is 38.1 Å². The van der Waals surface area contributed by atoms with Gasteiger partial charge in [0.2, 0.25) is 11.8 Å². The lowest BCUT2D eigenvalue weighted by Crippen LogP contribution is -2.38. The SMILES string of the molecule is COc1ccc(CCNC(=O)C(C)Nc2ccc(N3CCCC3=O)cc2)cc1. The summed E-state index contributed by atoms with van der Waals surface area (Å²) < 4.78 is 5.14. The third kappa shape index (κ3) is 5.03. The van der Waals surface area contributed by atoms with Crippen molar-refractivity contribution >= 4 is 23.2 Å². The second kappa shape index (κ2) is 9.26. The van der Waals surface area contributed by atoms with E-state index in [2.05, 4.69) is 10.6 Å². The van der Waals surface area contributed by atoms with E-state index in [0.29, 0.717) is 13.0 Å². The Morgan fingerprint density at radius 2 is 1.86 bits per heavy atom. The van der Waals surface area contributed by atoms with Crippen LogP contribution in [0, 0.1) is 0 Å². The van der Waals surface area contributed by atoms with Gasteiger partial charge >= 0.3 is 0 Å². The molecule has 1 aliphatic heterocycles. The van der Waals surface area contributed by atoms with E-state index >= 15 is 0 Å². The van der Waals surface area contributed by atoms with Gasteiger partial charge in [-0.1, -0.05) is 12.1 Å². The van der Waals surface area contributed by atoms with Gasteiger partial charge in [-0.25, -0.2) is 0 Å². The number of hydrogen-bond acceptors (Lipinski definition) is 4. The van der Waals surface area contributed by atoms with Crippen molar-refractivity contribution in [2.45, 2.75) is 32.2 Å². The number of benzene rings is 2. The summed E-state index contributed by atoms with van der Waals surface area (Å²) in [7, 11) is 1.64. The number of nitrogens with zero attached hydrogens (tertiary/aromatic N) is 1. The van der Waals surface area contributed by atoms with Gasteiger partial charge in [0.05, 0.1) is 7.11 Å². The van der Waals surface area contributed by atoms with Gasteiger partial charge in [0.15, 0.2) is 0 Å². The number of carbonyl (C=O) groups is 2. The molecule has 6 heteroatoms. The summed E-state index contributed by atoms with van der Waals surface area (Å²) in [5, 5.41) is 6.16. The van der Waals surface area contributed by atoms with Gasteiger partial charge in [0.1, 0.15) is 11.8 Å². The van der Waals surface area contributed by atoms with Crippen molar-refractivity contribution < 1.29 is 14.3 Å². The van der Waals surface area contributed by atoms with E-state index in [-0.39, 0.29) is 17.9 Å². The second-order valence-electron chi connectivity index (χ2n) is 6.95. The van der Waals surface area contributed by atoms with E-state index in [9.17, 15) is 9.59 Å². The Kier molecular flexibility index (Phi) is 6.53. The van der Waals surface area contributed by atoms with Crippen molar-refractivity contribution in [2.75, 3.05) is 30.4 Å². The summed E-state index contributed by atoms with van der Waals surface area (Å²) in [5.41, 5.74) is 2.91. The van der Waals surface area contributed by atoms with Crippen molar-refractivity contribution in [1.82, 2.24) is 5.32 Å². The van der Waals surface area contributed by atoms with Crippen LogP contribution in [0.1, 0.15) is 25.3 Å². The zero-order valence-corrected chi connectivity index (χ0v) is 16.4. The van der Waals surface area contributed by atoms with Crippen molar-refractivity contribution in [3.63, 3.8) is 0 Å². The summed E-state index contributed by atoms with van der Waals surface area (Å²) in [6.07, 6.45) is 2.29. The molecule has 0 aliphatic carbocycles. The summed E-state index contributed by atoms with van der Waals surface area (Å²) in [5.74, 6) is 0.948. The molecule has 0 bridgehead atoms. The highest BCUT2D eigenvalue weighted by atomic mass is 16.5. The largest absolute Gasteiger partial charge is 0.497 e. The monoisotopic (exact) mass is 381 g/mol. The van der Waals surface area contributed by atoms with Crippen LogP contribution in [-0.2, 0) is 16.0 Å². The molecular weight excluding hydrogens is 354 g/mol. The van der Waals surface area contributed by atoms with Crippen LogP contribution < -0.4 is 20.3 Å².